The Hall–Kier alpha value is -3.07. The molecule has 0 spiro atoms. The maximum atomic E-state index is 15.1. The molecule has 0 saturated heterocycles. The van der Waals surface area contributed by atoms with Gasteiger partial charge in [-0.2, -0.15) is 0 Å². The zero-order valence-corrected chi connectivity index (χ0v) is 22.7. The van der Waals surface area contributed by atoms with E-state index in [2.05, 4.69) is 25.2 Å². The summed E-state index contributed by atoms with van der Waals surface area (Å²) in [6.07, 6.45) is 16.6. The quantitative estimate of drug-likeness (QED) is 0.176. The number of hydrogen-bond donors (Lipinski definition) is 0. The maximum absolute atomic E-state index is 15.1. The highest BCUT2D eigenvalue weighted by molar-refractivity contribution is 5.74. The van der Waals surface area contributed by atoms with E-state index in [-0.39, 0.29) is 11.4 Å². The van der Waals surface area contributed by atoms with Crippen molar-refractivity contribution in [1.29, 1.82) is 0 Å². The lowest BCUT2D eigenvalue weighted by Gasteiger charge is -2.20. The summed E-state index contributed by atoms with van der Waals surface area (Å²) in [5.74, 6) is -1.23. The SMILES string of the molecule is C/C=C/C1CC=C(c2ccc(-c3ccc(-c4ccc(CCCCCCCC)c(F)c4F)cc3)cc2F)CC1. The first-order valence-corrected chi connectivity index (χ1v) is 14.2. The lowest BCUT2D eigenvalue weighted by Crippen LogP contribution is -2.03. The molecule has 4 rings (SSSR count). The third-order valence-electron chi connectivity index (χ3n) is 7.72. The standard InChI is InChI=1S/C35H39F3/c1-3-5-6-7-8-9-11-29-20-23-32(35(38)34(29)37)28-18-16-26(17-19-28)30-21-22-31(33(36)24-30)27-14-12-25(10-4-2)13-15-27/h4,10,14,16-25H,3,5-9,11-13,15H2,1-2H3/b10-4+. The van der Waals surface area contributed by atoms with Gasteiger partial charge in [0.05, 0.1) is 0 Å². The van der Waals surface area contributed by atoms with Crippen molar-refractivity contribution >= 4 is 5.57 Å². The van der Waals surface area contributed by atoms with Gasteiger partial charge >= 0.3 is 0 Å². The van der Waals surface area contributed by atoms with Gasteiger partial charge in [0.1, 0.15) is 5.82 Å². The second-order valence-electron chi connectivity index (χ2n) is 10.5. The minimum Gasteiger partial charge on any atom is -0.206 e. The molecule has 3 aromatic carbocycles. The van der Waals surface area contributed by atoms with E-state index in [0.717, 1.165) is 55.2 Å². The molecule has 0 aromatic heterocycles. The van der Waals surface area contributed by atoms with Crippen LogP contribution in [0.5, 0.6) is 0 Å². The van der Waals surface area contributed by atoms with Gasteiger partial charge in [-0.3, -0.25) is 0 Å². The molecule has 0 saturated carbocycles. The average Bonchev–Trinajstić information content (AvgIpc) is 2.94. The summed E-state index contributed by atoms with van der Waals surface area (Å²) in [5.41, 5.74) is 4.65. The van der Waals surface area contributed by atoms with Crippen LogP contribution in [0.15, 0.2) is 72.8 Å². The molecule has 1 unspecified atom stereocenters. The van der Waals surface area contributed by atoms with Gasteiger partial charge < -0.3 is 0 Å². The molecule has 1 atom stereocenters. The Morgan fingerprint density at radius 2 is 1.45 bits per heavy atom. The normalized spacial score (nSPS) is 15.7. The van der Waals surface area contributed by atoms with E-state index in [1.165, 1.54) is 19.3 Å². The molecule has 0 N–H and O–H groups in total. The molecule has 38 heavy (non-hydrogen) atoms. The number of halogens is 3. The summed E-state index contributed by atoms with van der Waals surface area (Å²) < 4.78 is 44.8. The molecule has 200 valence electrons. The molecule has 0 bridgehead atoms. The van der Waals surface area contributed by atoms with E-state index in [1.807, 2.05) is 31.2 Å². The number of unbranched alkanes of at least 4 members (excludes halogenated alkanes) is 5. The highest BCUT2D eigenvalue weighted by Gasteiger charge is 2.17. The Balaban J connectivity index is 1.43. The first-order valence-electron chi connectivity index (χ1n) is 14.2. The van der Waals surface area contributed by atoms with Crippen molar-refractivity contribution in [3.8, 4) is 22.3 Å². The van der Waals surface area contributed by atoms with Crippen LogP contribution in [-0.4, -0.2) is 0 Å². The van der Waals surface area contributed by atoms with Crippen LogP contribution in [0.3, 0.4) is 0 Å². The number of benzene rings is 3. The zero-order chi connectivity index (χ0) is 26.9. The lowest BCUT2D eigenvalue weighted by molar-refractivity contribution is 0.497. The summed E-state index contributed by atoms with van der Waals surface area (Å²) in [7, 11) is 0. The largest absolute Gasteiger partial charge is 0.206 e. The molecule has 0 fully saturated rings. The molecule has 0 aliphatic heterocycles. The number of hydrogen-bond acceptors (Lipinski definition) is 0. The molecule has 0 heterocycles. The predicted molar refractivity (Wildman–Crippen MR) is 154 cm³/mol. The zero-order valence-electron chi connectivity index (χ0n) is 22.7. The Kier molecular flexibility index (Phi) is 10.0. The summed E-state index contributed by atoms with van der Waals surface area (Å²) in [6.45, 7) is 4.22. The second-order valence-corrected chi connectivity index (χ2v) is 10.5. The highest BCUT2D eigenvalue weighted by Crippen LogP contribution is 2.34. The molecular formula is C35H39F3. The smallest absolute Gasteiger partial charge is 0.166 e. The lowest BCUT2D eigenvalue weighted by atomic mass is 9.86. The second kappa shape index (κ2) is 13.6. The summed E-state index contributed by atoms with van der Waals surface area (Å²) in [6, 6.07) is 16.0. The van der Waals surface area contributed by atoms with Crippen molar-refractivity contribution in [3.63, 3.8) is 0 Å². The van der Waals surface area contributed by atoms with Crippen LogP contribution in [0, 0.1) is 23.4 Å². The Morgan fingerprint density at radius 3 is 2.13 bits per heavy atom. The van der Waals surface area contributed by atoms with Crippen molar-refractivity contribution in [2.45, 2.75) is 78.1 Å². The number of rotatable bonds is 11. The van der Waals surface area contributed by atoms with Crippen LogP contribution >= 0.6 is 0 Å². The molecule has 0 radical (unpaired) electrons. The maximum Gasteiger partial charge on any atom is 0.166 e. The van der Waals surface area contributed by atoms with Gasteiger partial charge in [-0.15, -0.1) is 0 Å². The fourth-order valence-electron chi connectivity index (χ4n) is 5.44. The minimum atomic E-state index is -0.797. The van der Waals surface area contributed by atoms with Crippen molar-refractivity contribution < 1.29 is 13.2 Å². The summed E-state index contributed by atoms with van der Waals surface area (Å²) in [5, 5.41) is 0. The number of aryl methyl sites for hydroxylation is 1. The monoisotopic (exact) mass is 516 g/mol. The Bertz CT molecular complexity index is 1270. The molecule has 0 amide bonds. The number of allylic oxidation sites excluding steroid dienone is 4. The van der Waals surface area contributed by atoms with Gasteiger partial charge in [0, 0.05) is 11.1 Å². The van der Waals surface area contributed by atoms with E-state index in [4.69, 9.17) is 0 Å². The van der Waals surface area contributed by atoms with Gasteiger partial charge in [0.25, 0.3) is 0 Å². The van der Waals surface area contributed by atoms with Crippen molar-refractivity contribution in [1.82, 2.24) is 0 Å². The van der Waals surface area contributed by atoms with Crippen LogP contribution in [0.4, 0.5) is 13.2 Å². The highest BCUT2D eigenvalue weighted by atomic mass is 19.2. The Morgan fingerprint density at radius 1 is 0.763 bits per heavy atom. The topological polar surface area (TPSA) is 0 Å². The van der Waals surface area contributed by atoms with E-state index < -0.39 is 11.6 Å². The molecule has 1 aliphatic carbocycles. The molecule has 3 heteroatoms. The van der Waals surface area contributed by atoms with Crippen LogP contribution in [0.2, 0.25) is 0 Å². The third kappa shape index (κ3) is 6.87. The first kappa shape index (κ1) is 28.0. The average molecular weight is 517 g/mol. The predicted octanol–water partition coefficient (Wildman–Crippen LogP) is 11.1. The summed E-state index contributed by atoms with van der Waals surface area (Å²) >= 11 is 0. The van der Waals surface area contributed by atoms with Gasteiger partial charge in [0.15, 0.2) is 11.6 Å². The first-order chi connectivity index (χ1) is 18.5. The minimum absolute atomic E-state index is 0.226. The van der Waals surface area contributed by atoms with Crippen LogP contribution in [0.1, 0.15) is 82.8 Å². The molecule has 0 nitrogen and oxygen atoms in total. The summed E-state index contributed by atoms with van der Waals surface area (Å²) in [4.78, 5) is 0. The molecular weight excluding hydrogens is 477 g/mol. The van der Waals surface area contributed by atoms with Crippen LogP contribution in [0.25, 0.3) is 27.8 Å². The third-order valence-corrected chi connectivity index (χ3v) is 7.72. The van der Waals surface area contributed by atoms with E-state index in [9.17, 15) is 8.78 Å². The van der Waals surface area contributed by atoms with Crippen molar-refractivity contribution in [3.05, 3.63) is 101 Å². The fraction of sp³-hybridized carbons (Fsp3) is 0.371. The Labute approximate surface area is 226 Å². The van der Waals surface area contributed by atoms with E-state index in [1.54, 1.807) is 30.3 Å². The van der Waals surface area contributed by atoms with Crippen molar-refractivity contribution in [2.24, 2.45) is 5.92 Å². The van der Waals surface area contributed by atoms with E-state index in [0.29, 0.717) is 29.0 Å². The fourth-order valence-corrected chi connectivity index (χ4v) is 5.44. The van der Waals surface area contributed by atoms with Gasteiger partial charge in [-0.1, -0.05) is 106 Å². The van der Waals surface area contributed by atoms with Crippen molar-refractivity contribution in [2.75, 3.05) is 0 Å². The van der Waals surface area contributed by atoms with Crippen LogP contribution in [-0.2, 0) is 6.42 Å². The van der Waals surface area contributed by atoms with Gasteiger partial charge in [0.2, 0.25) is 0 Å². The van der Waals surface area contributed by atoms with Gasteiger partial charge in [-0.05, 0) is 78.8 Å². The molecule has 3 aromatic rings. The van der Waals surface area contributed by atoms with Gasteiger partial charge in [-0.25, -0.2) is 13.2 Å². The van der Waals surface area contributed by atoms with Crippen LogP contribution < -0.4 is 0 Å². The van der Waals surface area contributed by atoms with E-state index >= 15 is 4.39 Å². The molecule has 1 aliphatic rings.